The molecule has 0 aromatic heterocycles. The Labute approximate surface area is 84.1 Å². The summed E-state index contributed by atoms with van der Waals surface area (Å²) in [7, 11) is 0. The van der Waals surface area contributed by atoms with Crippen LogP contribution < -0.4 is 0 Å². The highest BCUT2D eigenvalue weighted by atomic mass is 28.1. The Hall–Kier alpha value is -0.823. The molecule has 0 radical (unpaired) electrons. The number of carbonyl (C=O) groups is 1. The Morgan fingerprint density at radius 1 is 1.62 bits per heavy atom. The molecule has 3 nitrogen and oxygen atoms in total. The van der Waals surface area contributed by atoms with E-state index < -0.39 is 5.41 Å². The summed E-state index contributed by atoms with van der Waals surface area (Å²) < 4.78 is 4.84. The maximum atomic E-state index is 11.3. The Balaban J connectivity index is 0. The molecule has 0 saturated carbocycles. The molecule has 1 atom stereocenters. The van der Waals surface area contributed by atoms with Gasteiger partial charge >= 0.3 is 5.97 Å². The maximum Gasteiger partial charge on any atom is 0.312 e. The topological polar surface area (TPSA) is 50.1 Å². The highest BCUT2D eigenvalue weighted by Gasteiger charge is 2.35. The van der Waals surface area contributed by atoms with E-state index in [1.54, 1.807) is 27.7 Å². The van der Waals surface area contributed by atoms with Gasteiger partial charge in [-0.05, 0) is 38.7 Å². The van der Waals surface area contributed by atoms with E-state index in [9.17, 15) is 4.79 Å². The third-order valence-corrected chi connectivity index (χ3v) is 2.08. The van der Waals surface area contributed by atoms with Gasteiger partial charge in [0, 0.05) is 0 Å². The molecule has 0 spiro atoms. The van der Waals surface area contributed by atoms with Crippen LogP contribution in [0.5, 0.6) is 0 Å². The van der Waals surface area contributed by atoms with Crippen molar-refractivity contribution in [3.8, 4) is 6.07 Å². The summed E-state index contributed by atoms with van der Waals surface area (Å²) in [6.45, 7) is 7.28. The number of hydrogen-bond donors (Lipinski definition) is 0. The van der Waals surface area contributed by atoms with Gasteiger partial charge in [0.15, 0.2) is 0 Å². The summed E-state index contributed by atoms with van der Waals surface area (Å²) in [4.78, 5) is 11.3. The second kappa shape index (κ2) is 5.76. The van der Waals surface area contributed by atoms with Crippen molar-refractivity contribution >= 4 is 16.9 Å². The monoisotopic (exact) mass is 201 g/mol. The molecule has 0 rings (SSSR count). The minimum Gasteiger partial charge on any atom is -0.466 e. The largest absolute Gasteiger partial charge is 0.466 e. The molecule has 0 N–H and O–H groups in total. The molecule has 0 aliphatic heterocycles. The van der Waals surface area contributed by atoms with Crippen LogP contribution in [-0.2, 0) is 9.53 Å². The van der Waals surface area contributed by atoms with Gasteiger partial charge in [0.2, 0.25) is 0 Å². The van der Waals surface area contributed by atoms with Gasteiger partial charge in [-0.3, -0.25) is 4.79 Å². The zero-order chi connectivity index (χ0) is 9.78. The van der Waals surface area contributed by atoms with Gasteiger partial charge in [0.05, 0.1) is 24.0 Å². The van der Waals surface area contributed by atoms with Crippen molar-refractivity contribution in [3.63, 3.8) is 0 Å². The SMILES string of the molecule is CCOC(=O)C(C)(C)C(C)C#N.[SiH4]. The lowest BCUT2D eigenvalue weighted by atomic mass is 9.81. The van der Waals surface area contributed by atoms with Crippen LogP contribution in [0, 0.1) is 22.7 Å². The molecular formula is C9H19NO2Si. The number of carbonyl (C=O) groups excluding carboxylic acids is 1. The Morgan fingerprint density at radius 3 is 2.38 bits per heavy atom. The molecule has 0 aromatic rings. The summed E-state index contributed by atoms with van der Waals surface area (Å²) in [6.07, 6.45) is 0. The fourth-order valence-corrected chi connectivity index (χ4v) is 0.655. The second-order valence-electron chi connectivity index (χ2n) is 3.29. The van der Waals surface area contributed by atoms with Crippen LogP contribution in [0.1, 0.15) is 27.7 Å². The summed E-state index contributed by atoms with van der Waals surface area (Å²) in [5, 5.41) is 8.63. The van der Waals surface area contributed by atoms with Gasteiger partial charge in [-0.2, -0.15) is 5.26 Å². The van der Waals surface area contributed by atoms with E-state index in [-0.39, 0.29) is 22.9 Å². The minimum atomic E-state index is -0.704. The van der Waals surface area contributed by atoms with Crippen molar-refractivity contribution in [2.45, 2.75) is 27.7 Å². The third kappa shape index (κ3) is 3.60. The molecule has 0 heterocycles. The van der Waals surface area contributed by atoms with E-state index in [4.69, 9.17) is 10.00 Å². The number of rotatable bonds is 3. The number of nitrogens with zero attached hydrogens (tertiary/aromatic N) is 1. The fraction of sp³-hybridized carbons (Fsp3) is 0.778. The van der Waals surface area contributed by atoms with Gasteiger partial charge in [-0.15, -0.1) is 0 Å². The molecule has 0 aromatic carbocycles. The Kier molecular flexibility index (Phi) is 6.51. The van der Waals surface area contributed by atoms with Crippen molar-refractivity contribution in [1.29, 1.82) is 5.26 Å². The quantitative estimate of drug-likeness (QED) is 0.487. The normalized spacial score (nSPS) is 12.2. The number of nitriles is 1. The summed E-state index contributed by atoms with van der Waals surface area (Å²) >= 11 is 0. The number of hydrogen-bond acceptors (Lipinski definition) is 3. The van der Waals surface area contributed by atoms with Crippen LogP contribution in [0.25, 0.3) is 0 Å². The van der Waals surface area contributed by atoms with E-state index >= 15 is 0 Å². The van der Waals surface area contributed by atoms with Crippen molar-refractivity contribution in [2.24, 2.45) is 11.3 Å². The Bertz CT molecular complexity index is 208. The summed E-state index contributed by atoms with van der Waals surface area (Å²) in [6, 6.07) is 2.04. The van der Waals surface area contributed by atoms with E-state index in [2.05, 4.69) is 0 Å². The van der Waals surface area contributed by atoms with Gasteiger partial charge in [0.1, 0.15) is 0 Å². The molecule has 76 valence electrons. The van der Waals surface area contributed by atoms with Crippen LogP contribution >= 0.6 is 0 Å². The van der Waals surface area contributed by atoms with Crippen LogP contribution in [0.2, 0.25) is 0 Å². The molecule has 0 amide bonds. The lowest BCUT2D eigenvalue weighted by molar-refractivity contribution is -0.155. The molecule has 0 saturated heterocycles. The first-order valence-corrected chi connectivity index (χ1v) is 4.03. The van der Waals surface area contributed by atoms with Gasteiger partial charge in [-0.1, -0.05) is 0 Å². The zero-order valence-corrected chi connectivity index (χ0v) is 8.05. The third-order valence-electron chi connectivity index (χ3n) is 2.08. The predicted octanol–water partition coefficient (Wildman–Crippen LogP) is 0.284. The molecule has 0 aliphatic rings. The first kappa shape index (κ1) is 14.7. The second-order valence-corrected chi connectivity index (χ2v) is 3.29. The molecule has 0 aliphatic carbocycles. The van der Waals surface area contributed by atoms with E-state index in [0.29, 0.717) is 6.61 Å². The molecule has 13 heavy (non-hydrogen) atoms. The average molecular weight is 201 g/mol. The minimum absolute atomic E-state index is 0. The number of ether oxygens (including phenoxy) is 1. The average Bonchev–Trinajstić information content (AvgIpc) is 2.03. The highest BCUT2D eigenvalue weighted by molar-refractivity contribution is 5.76. The first-order chi connectivity index (χ1) is 5.46. The van der Waals surface area contributed by atoms with Crippen molar-refractivity contribution in [3.05, 3.63) is 0 Å². The lowest BCUT2D eigenvalue weighted by Crippen LogP contribution is -2.32. The molecule has 0 fully saturated rings. The zero-order valence-electron chi connectivity index (χ0n) is 8.05. The standard InChI is InChI=1S/C9H15NO2.H4Si/c1-5-12-8(11)9(3,4)7(2)6-10;/h7H,5H2,1-4H3;1H4. The van der Waals surface area contributed by atoms with Gasteiger partial charge in [0.25, 0.3) is 0 Å². The van der Waals surface area contributed by atoms with E-state index in [0.717, 1.165) is 0 Å². The van der Waals surface area contributed by atoms with Crippen molar-refractivity contribution in [2.75, 3.05) is 6.61 Å². The number of esters is 1. The molecular weight excluding hydrogens is 182 g/mol. The van der Waals surface area contributed by atoms with Crippen LogP contribution in [-0.4, -0.2) is 23.5 Å². The van der Waals surface area contributed by atoms with E-state index in [1.165, 1.54) is 0 Å². The Morgan fingerprint density at radius 2 is 2.08 bits per heavy atom. The van der Waals surface area contributed by atoms with Crippen LogP contribution in [0.3, 0.4) is 0 Å². The first-order valence-electron chi connectivity index (χ1n) is 4.03. The molecule has 4 heteroatoms. The maximum absolute atomic E-state index is 11.3. The predicted molar refractivity (Wildman–Crippen MR) is 56.5 cm³/mol. The van der Waals surface area contributed by atoms with Gasteiger partial charge in [-0.25, -0.2) is 0 Å². The summed E-state index contributed by atoms with van der Waals surface area (Å²) in [5.41, 5.74) is -0.704. The fourth-order valence-electron chi connectivity index (χ4n) is 0.655. The van der Waals surface area contributed by atoms with E-state index in [1.807, 2.05) is 6.07 Å². The lowest BCUT2D eigenvalue weighted by Gasteiger charge is -2.24. The van der Waals surface area contributed by atoms with Gasteiger partial charge < -0.3 is 4.74 Å². The van der Waals surface area contributed by atoms with Crippen molar-refractivity contribution < 1.29 is 9.53 Å². The highest BCUT2D eigenvalue weighted by Crippen LogP contribution is 2.27. The van der Waals surface area contributed by atoms with Crippen LogP contribution in [0.15, 0.2) is 0 Å². The van der Waals surface area contributed by atoms with Crippen LogP contribution in [0.4, 0.5) is 0 Å². The molecule has 1 unspecified atom stereocenters. The molecule has 0 bridgehead atoms. The smallest absolute Gasteiger partial charge is 0.312 e. The summed E-state index contributed by atoms with van der Waals surface area (Å²) in [5.74, 6) is -0.629. The van der Waals surface area contributed by atoms with Crippen molar-refractivity contribution in [1.82, 2.24) is 0 Å².